The minimum Gasteiger partial charge on any atom is -0.179 e. The number of hydrogen-bond donors (Lipinski definition) is 1. The summed E-state index contributed by atoms with van der Waals surface area (Å²) in [4.78, 5) is 0. The van der Waals surface area contributed by atoms with E-state index in [4.69, 9.17) is 0 Å². The third kappa shape index (κ3) is 1.69. The molecule has 1 saturated carbocycles. The molecule has 60 valence electrons. The molecule has 0 aliphatic heterocycles. The quantitative estimate of drug-likeness (QED) is 0.600. The molecule has 0 heterocycles. The molecule has 0 radical (unpaired) electrons. The first kappa shape index (κ1) is 8.45. The van der Waals surface area contributed by atoms with E-state index in [1.54, 1.807) is 0 Å². The number of rotatable bonds is 3. The molecule has 0 amide bonds. The smallest absolute Gasteiger partial charge is 0.00695 e. The van der Waals surface area contributed by atoms with Crippen LogP contribution < -0.4 is 0 Å². The van der Waals surface area contributed by atoms with Gasteiger partial charge in [0.2, 0.25) is 0 Å². The molecule has 0 saturated heterocycles. The van der Waals surface area contributed by atoms with Gasteiger partial charge in [0.25, 0.3) is 0 Å². The van der Waals surface area contributed by atoms with Crippen molar-refractivity contribution in [3.63, 3.8) is 0 Å². The minimum atomic E-state index is 0.814. The summed E-state index contributed by atoms with van der Waals surface area (Å²) in [6.07, 6.45) is 4.41. The molecule has 0 spiro atoms. The Hall–Kier alpha value is 0.350. The largest absolute Gasteiger partial charge is 0.179 e. The molecule has 2 unspecified atom stereocenters. The second-order valence-electron chi connectivity index (χ2n) is 3.71. The van der Waals surface area contributed by atoms with E-state index in [1.807, 2.05) is 0 Å². The lowest BCUT2D eigenvalue weighted by molar-refractivity contribution is 0.178. The fourth-order valence-corrected chi connectivity index (χ4v) is 1.93. The van der Waals surface area contributed by atoms with Crippen LogP contribution in [0.25, 0.3) is 0 Å². The van der Waals surface area contributed by atoms with Gasteiger partial charge >= 0.3 is 0 Å². The van der Waals surface area contributed by atoms with Crippen LogP contribution in [0.1, 0.15) is 33.1 Å². The van der Waals surface area contributed by atoms with Gasteiger partial charge in [0, 0.05) is 0 Å². The van der Waals surface area contributed by atoms with Gasteiger partial charge < -0.3 is 0 Å². The zero-order valence-corrected chi connectivity index (χ0v) is 7.90. The van der Waals surface area contributed by atoms with Crippen molar-refractivity contribution < 1.29 is 0 Å². The van der Waals surface area contributed by atoms with E-state index in [1.165, 1.54) is 19.3 Å². The molecule has 0 aromatic heterocycles. The molecule has 0 nitrogen and oxygen atoms in total. The summed E-state index contributed by atoms with van der Waals surface area (Å²) in [5, 5.41) is 0. The zero-order valence-electron chi connectivity index (χ0n) is 7.01. The molecule has 1 aliphatic carbocycles. The Kier molecular flexibility index (Phi) is 3.09. The van der Waals surface area contributed by atoms with Crippen molar-refractivity contribution in [1.82, 2.24) is 0 Å². The maximum atomic E-state index is 4.31. The van der Waals surface area contributed by atoms with Crippen LogP contribution in [0, 0.1) is 17.8 Å². The summed E-state index contributed by atoms with van der Waals surface area (Å²) >= 11 is 4.31. The third-order valence-electron chi connectivity index (χ3n) is 3.08. The summed E-state index contributed by atoms with van der Waals surface area (Å²) in [6, 6.07) is 0. The van der Waals surface area contributed by atoms with Gasteiger partial charge in [0.05, 0.1) is 0 Å². The van der Waals surface area contributed by atoms with Crippen molar-refractivity contribution in [1.29, 1.82) is 0 Å². The molecular weight excluding hydrogens is 140 g/mol. The molecule has 0 bridgehead atoms. The summed E-state index contributed by atoms with van der Waals surface area (Å²) in [7, 11) is 0. The van der Waals surface area contributed by atoms with Crippen LogP contribution in [0.3, 0.4) is 0 Å². The van der Waals surface area contributed by atoms with E-state index >= 15 is 0 Å². The predicted octanol–water partition coefficient (Wildman–Crippen LogP) is 2.99. The summed E-state index contributed by atoms with van der Waals surface area (Å²) < 4.78 is 0. The highest BCUT2D eigenvalue weighted by Crippen LogP contribution is 2.36. The maximum absolute atomic E-state index is 4.31. The first-order chi connectivity index (χ1) is 4.75. The predicted molar refractivity (Wildman–Crippen MR) is 49.5 cm³/mol. The summed E-state index contributed by atoms with van der Waals surface area (Å²) in [5.41, 5.74) is 0. The van der Waals surface area contributed by atoms with E-state index in [0.717, 1.165) is 23.5 Å². The Balaban J connectivity index is 2.24. The molecule has 0 aromatic carbocycles. The van der Waals surface area contributed by atoms with Crippen LogP contribution in [-0.2, 0) is 0 Å². The summed E-state index contributed by atoms with van der Waals surface area (Å²) in [6.45, 7) is 4.70. The van der Waals surface area contributed by atoms with E-state index in [9.17, 15) is 0 Å². The molecule has 2 atom stereocenters. The lowest BCUT2D eigenvalue weighted by Crippen LogP contribution is -2.25. The topological polar surface area (TPSA) is 0 Å². The molecule has 1 aliphatic rings. The van der Waals surface area contributed by atoms with Gasteiger partial charge in [-0.2, -0.15) is 12.6 Å². The Labute approximate surface area is 69.8 Å². The Bertz CT molecular complexity index is 92.1. The van der Waals surface area contributed by atoms with Gasteiger partial charge in [-0.3, -0.25) is 0 Å². The first-order valence-electron chi connectivity index (χ1n) is 4.36. The van der Waals surface area contributed by atoms with E-state index in [0.29, 0.717) is 0 Å². The van der Waals surface area contributed by atoms with Crippen LogP contribution in [0.5, 0.6) is 0 Å². The number of thiol groups is 1. The maximum Gasteiger partial charge on any atom is -0.00695 e. The highest BCUT2D eigenvalue weighted by atomic mass is 32.1. The Morgan fingerprint density at radius 1 is 1.40 bits per heavy atom. The average molecular weight is 158 g/mol. The van der Waals surface area contributed by atoms with Crippen molar-refractivity contribution in [2.24, 2.45) is 17.8 Å². The molecule has 1 rings (SSSR count). The van der Waals surface area contributed by atoms with Gasteiger partial charge in [0.15, 0.2) is 0 Å². The van der Waals surface area contributed by atoms with Crippen LogP contribution in [0.4, 0.5) is 0 Å². The van der Waals surface area contributed by atoms with Crippen molar-refractivity contribution >= 4 is 12.6 Å². The first-order valence-corrected chi connectivity index (χ1v) is 4.99. The van der Waals surface area contributed by atoms with E-state index in [2.05, 4.69) is 26.5 Å². The second-order valence-corrected chi connectivity index (χ2v) is 4.08. The fourth-order valence-electron chi connectivity index (χ4n) is 1.60. The van der Waals surface area contributed by atoms with Crippen molar-refractivity contribution in [3.8, 4) is 0 Å². The monoisotopic (exact) mass is 158 g/mol. The molecule has 10 heavy (non-hydrogen) atoms. The van der Waals surface area contributed by atoms with Gasteiger partial charge in [-0.05, 0) is 23.5 Å². The highest BCUT2D eigenvalue weighted by Gasteiger charge is 2.26. The second kappa shape index (κ2) is 3.66. The molecule has 1 heteroatoms. The van der Waals surface area contributed by atoms with Crippen LogP contribution in [0.15, 0.2) is 0 Å². The van der Waals surface area contributed by atoms with Crippen LogP contribution in [0.2, 0.25) is 0 Å². The van der Waals surface area contributed by atoms with E-state index in [-0.39, 0.29) is 0 Å². The minimum absolute atomic E-state index is 0.814. The highest BCUT2D eigenvalue weighted by molar-refractivity contribution is 7.80. The molecule has 0 aromatic rings. The van der Waals surface area contributed by atoms with Crippen molar-refractivity contribution in [2.45, 2.75) is 33.1 Å². The van der Waals surface area contributed by atoms with Crippen molar-refractivity contribution in [2.75, 3.05) is 5.75 Å². The van der Waals surface area contributed by atoms with Gasteiger partial charge in [-0.25, -0.2) is 0 Å². The number of hydrogen-bond acceptors (Lipinski definition) is 1. The Morgan fingerprint density at radius 3 is 2.30 bits per heavy atom. The Morgan fingerprint density at radius 2 is 2.00 bits per heavy atom. The van der Waals surface area contributed by atoms with Gasteiger partial charge in [0.1, 0.15) is 0 Å². The standard InChI is InChI=1S/C9H18S/c1-7(6-10)8(2)9-4-3-5-9/h7-10H,3-6H2,1-2H3. The zero-order chi connectivity index (χ0) is 7.56. The van der Waals surface area contributed by atoms with E-state index < -0.39 is 0 Å². The average Bonchev–Trinajstić information content (AvgIpc) is 1.82. The molecular formula is C9H18S. The normalized spacial score (nSPS) is 25.5. The fraction of sp³-hybridized carbons (Fsp3) is 1.00. The van der Waals surface area contributed by atoms with Crippen molar-refractivity contribution in [3.05, 3.63) is 0 Å². The molecule has 0 N–H and O–H groups in total. The molecule has 1 fully saturated rings. The van der Waals surface area contributed by atoms with Crippen LogP contribution in [-0.4, -0.2) is 5.75 Å². The third-order valence-corrected chi connectivity index (χ3v) is 3.65. The van der Waals surface area contributed by atoms with Gasteiger partial charge in [-0.15, -0.1) is 0 Å². The lowest BCUT2D eigenvalue weighted by atomic mass is 9.72. The lowest BCUT2D eigenvalue weighted by Gasteiger charge is -2.34. The summed E-state index contributed by atoms with van der Waals surface area (Å²) in [5.74, 6) is 3.81. The van der Waals surface area contributed by atoms with Crippen LogP contribution >= 0.6 is 12.6 Å². The SMILES string of the molecule is CC(CS)C(C)C1CCC1. The van der Waals surface area contributed by atoms with Gasteiger partial charge in [-0.1, -0.05) is 33.1 Å².